The molecule has 0 aromatic heterocycles. The van der Waals surface area contributed by atoms with Crippen molar-refractivity contribution in [3.05, 3.63) is 69.8 Å². The molecular formula is C19H20N2O4. The van der Waals surface area contributed by atoms with Crippen molar-refractivity contribution in [2.24, 2.45) is 5.92 Å². The molecule has 25 heavy (non-hydrogen) atoms. The van der Waals surface area contributed by atoms with Crippen LogP contribution in [0, 0.1) is 16.0 Å². The minimum atomic E-state index is -0.499. The topological polar surface area (TPSA) is 83.7 Å². The van der Waals surface area contributed by atoms with E-state index < -0.39 is 4.92 Å². The molecule has 0 radical (unpaired) electrons. The molecule has 1 N–H and O–H groups in total. The molecule has 1 saturated carbocycles. The lowest BCUT2D eigenvalue weighted by molar-refractivity contribution is -0.384. The van der Waals surface area contributed by atoms with Crippen LogP contribution in [0.2, 0.25) is 0 Å². The molecular weight excluding hydrogens is 320 g/mol. The summed E-state index contributed by atoms with van der Waals surface area (Å²) in [5.41, 5.74) is 1.70. The predicted molar refractivity (Wildman–Crippen MR) is 94.5 cm³/mol. The minimum Gasteiger partial charge on any atom is -0.392 e. The normalized spacial score (nSPS) is 14.8. The third kappa shape index (κ3) is 3.69. The first-order valence-corrected chi connectivity index (χ1v) is 8.29. The van der Waals surface area contributed by atoms with Gasteiger partial charge in [0, 0.05) is 29.4 Å². The molecule has 2 aromatic carbocycles. The van der Waals surface area contributed by atoms with Crippen LogP contribution in [-0.4, -0.2) is 22.0 Å². The lowest BCUT2D eigenvalue weighted by atomic mass is 10.1. The lowest BCUT2D eigenvalue weighted by Crippen LogP contribution is -2.40. The average molecular weight is 340 g/mol. The van der Waals surface area contributed by atoms with Gasteiger partial charge in [0.1, 0.15) is 0 Å². The Hall–Kier alpha value is -2.73. The van der Waals surface area contributed by atoms with E-state index in [0.29, 0.717) is 11.5 Å². The lowest BCUT2D eigenvalue weighted by Gasteiger charge is -2.30. The van der Waals surface area contributed by atoms with Crippen LogP contribution >= 0.6 is 0 Å². The van der Waals surface area contributed by atoms with E-state index in [0.717, 1.165) is 24.1 Å². The van der Waals surface area contributed by atoms with E-state index in [2.05, 4.69) is 0 Å². The number of rotatable bonds is 6. The van der Waals surface area contributed by atoms with Crippen LogP contribution in [0.25, 0.3) is 0 Å². The number of aliphatic hydroxyl groups is 1. The second kappa shape index (κ2) is 7.03. The van der Waals surface area contributed by atoms with Crippen LogP contribution in [0.15, 0.2) is 48.5 Å². The van der Waals surface area contributed by atoms with Crippen molar-refractivity contribution in [2.75, 3.05) is 4.90 Å². The Kier molecular flexibility index (Phi) is 4.81. The van der Waals surface area contributed by atoms with Gasteiger partial charge in [-0.15, -0.1) is 0 Å². The second-order valence-electron chi connectivity index (χ2n) is 6.39. The molecule has 1 unspecified atom stereocenters. The van der Waals surface area contributed by atoms with Crippen molar-refractivity contribution in [1.29, 1.82) is 0 Å². The van der Waals surface area contributed by atoms with E-state index in [9.17, 15) is 20.0 Å². The SMILES string of the molecule is CC(C1CC1)N(C(=O)c1cccc([N+](=O)[O-])c1)c1ccc(CO)cc1. The summed E-state index contributed by atoms with van der Waals surface area (Å²) in [6, 6.07) is 13.0. The van der Waals surface area contributed by atoms with Gasteiger partial charge in [0.2, 0.25) is 0 Å². The number of nitro benzene ring substituents is 1. The highest BCUT2D eigenvalue weighted by Crippen LogP contribution is 2.37. The minimum absolute atomic E-state index is 0.00624. The Labute approximate surface area is 145 Å². The van der Waals surface area contributed by atoms with Crippen LogP contribution in [0.5, 0.6) is 0 Å². The van der Waals surface area contributed by atoms with Gasteiger partial charge in [0.25, 0.3) is 11.6 Å². The van der Waals surface area contributed by atoms with Gasteiger partial charge in [-0.05, 0) is 49.4 Å². The molecule has 1 aliphatic rings. The van der Waals surface area contributed by atoms with Gasteiger partial charge in [-0.25, -0.2) is 0 Å². The summed E-state index contributed by atoms with van der Waals surface area (Å²) in [6.07, 6.45) is 2.16. The average Bonchev–Trinajstić information content (AvgIpc) is 3.47. The Morgan fingerprint density at radius 1 is 1.28 bits per heavy atom. The van der Waals surface area contributed by atoms with Gasteiger partial charge in [-0.1, -0.05) is 18.2 Å². The van der Waals surface area contributed by atoms with Crippen molar-refractivity contribution in [3.63, 3.8) is 0 Å². The van der Waals surface area contributed by atoms with E-state index in [1.165, 1.54) is 18.2 Å². The van der Waals surface area contributed by atoms with Gasteiger partial charge in [0.05, 0.1) is 11.5 Å². The van der Waals surface area contributed by atoms with Crippen molar-refractivity contribution in [2.45, 2.75) is 32.4 Å². The van der Waals surface area contributed by atoms with Gasteiger partial charge >= 0.3 is 0 Å². The number of anilines is 1. The smallest absolute Gasteiger partial charge is 0.270 e. The maximum atomic E-state index is 13.1. The van der Waals surface area contributed by atoms with E-state index in [1.807, 2.05) is 6.92 Å². The zero-order valence-corrected chi connectivity index (χ0v) is 14.0. The molecule has 1 fully saturated rings. The molecule has 0 spiro atoms. The first kappa shape index (κ1) is 17.1. The third-order valence-electron chi connectivity index (χ3n) is 4.63. The Balaban J connectivity index is 1.97. The van der Waals surface area contributed by atoms with Gasteiger partial charge in [-0.2, -0.15) is 0 Å². The fourth-order valence-electron chi connectivity index (χ4n) is 2.98. The summed E-state index contributed by atoms with van der Waals surface area (Å²) >= 11 is 0. The van der Waals surface area contributed by atoms with Crippen LogP contribution in [0.1, 0.15) is 35.7 Å². The van der Waals surface area contributed by atoms with Crippen molar-refractivity contribution >= 4 is 17.3 Å². The number of nitro groups is 1. The molecule has 2 aromatic rings. The number of hydrogen-bond acceptors (Lipinski definition) is 4. The Morgan fingerprint density at radius 2 is 1.96 bits per heavy atom. The molecule has 0 aliphatic heterocycles. The molecule has 6 heteroatoms. The standard InChI is InChI=1S/C19H20N2O4/c1-13(15-7-8-15)20(17-9-5-14(12-22)6-10-17)19(23)16-3-2-4-18(11-16)21(24)25/h2-6,9-11,13,15,22H,7-8,12H2,1H3. The summed E-state index contributed by atoms with van der Waals surface area (Å²) in [5, 5.41) is 20.2. The Bertz CT molecular complexity index is 784. The molecule has 1 aliphatic carbocycles. The number of aliphatic hydroxyl groups excluding tert-OH is 1. The fourth-order valence-corrected chi connectivity index (χ4v) is 2.98. The van der Waals surface area contributed by atoms with E-state index >= 15 is 0 Å². The molecule has 3 rings (SSSR count). The predicted octanol–water partition coefficient (Wildman–Crippen LogP) is 3.53. The summed E-state index contributed by atoms with van der Waals surface area (Å²) < 4.78 is 0. The zero-order chi connectivity index (χ0) is 18.0. The zero-order valence-electron chi connectivity index (χ0n) is 14.0. The molecule has 0 bridgehead atoms. The van der Waals surface area contributed by atoms with E-state index in [-0.39, 0.29) is 24.2 Å². The van der Waals surface area contributed by atoms with Crippen molar-refractivity contribution < 1.29 is 14.8 Å². The van der Waals surface area contributed by atoms with Crippen molar-refractivity contribution in [1.82, 2.24) is 0 Å². The summed E-state index contributed by atoms with van der Waals surface area (Å²) in [6.45, 7) is 1.95. The van der Waals surface area contributed by atoms with Crippen LogP contribution in [0.4, 0.5) is 11.4 Å². The van der Waals surface area contributed by atoms with Gasteiger partial charge in [0.15, 0.2) is 0 Å². The van der Waals surface area contributed by atoms with Crippen LogP contribution in [-0.2, 0) is 6.61 Å². The fraction of sp³-hybridized carbons (Fsp3) is 0.316. The number of amides is 1. The van der Waals surface area contributed by atoms with Gasteiger partial charge < -0.3 is 10.0 Å². The maximum Gasteiger partial charge on any atom is 0.270 e. The second-order valence-corrected chi connectivity index (χ2v) is 6.39. The number of hydrogen-bond donors (Lipinski definition) is 1. The number of nitrogens with zero attached hydrogens (tertiary/aromatic N) is 2. The molecule has 1 atom stereocenters. The summed E-state index contributed by atoms with van der Waals surface area (Å²) in [5.74, 6) is 0.194. The van der Waals surface area contributed by atoms with Crippen molar-refractivity contribution in [3.8, 4) is 0 Å². The molecule has 0 saturated heterocycles. The molecule has 0 heterocycles. The molecule has 130 valence electrons. The van der Waals surface area contributed by atoms with Gasteiger partial charge in [-0.3, -0.25) is 14.9 Å². The third-order valence-corrected chi connectivity index (χ3v) is 4.63. The summed E-state index contributed by atoms with van der Waals surface area (Å²) in [4.78, 5) is 25.3. The number of carbonyl (C=O) groups is 1. The van der Waals surface area contributed by atoms with Crippen LogP contribution in [0.3, 0.4) is 0 Å². The first-order chi connectivity index (χ1) is 12.0. The van der Waals surface area contributed by atoms with E-state index in [4.69, 9.17) is 0 Å². The highest BCUT2D eigenvalue weighted by molar-refractivity contribution is 6.06. The highest BCUT2D eigenvalue weighted by atomic mass is 16.6. The number of non-ortho nitro benzene ring substituents is 1. The monoisotopic (exact) mass is 340 g/mol. The first-order valence-electron chi connectivity index (χ1n) is 8.29. The number of carbonyl (C=O) groups excluding carboxylic acids is 1. The highest BCUT2D eigenvalue weighted by Gasteiger charge is 2.35. The van der Waals surface area contributed by atoms with Crippen LogP contribution < -0.4 is 4.90 Å². The number of benzene rings is 2. The quantitative estimate of drug-likeness (QED) is 0.644. The van der Waals surface area contributed by atoms with E-state index in [1.54, 1.807) is 35.2 Å². The molecule has 6 nitrogen and oxygen atoms in total. The molecule has 1 amide bonds. The Morgan fingerprint density at radius 3 is 2.52 bits per heavy atom. The maximum absolute atomic E-state index is 13.1. The largest absolute Gasteiger partial charge is 0.392 e. The summed E-state index contributed by atoms with van der Waals surface area (Å²) in [7, 11) is 0.